The lowest BCUT2D eigenvalue weighted by molar-refractivity contribution is 0.403. The van der Waals surface area contributed by atoms with Crippen LogP contribution < -0.4 is 0 Å². The Morgan fingerprint density at radius 1 is 0.657 bits per heavy atom. The second-order valence-corrected chi connectivity index (χ2v) is 12.9. The fourth-order valence-corrected chi connectivity index (χ4v) is 6.75. The Labute approximate surface area is 209 Å². The Morgan fingerprint density at radius 3 is 2.09 bits per heavy atom. The Morgan fingerprint density at radius 2 is 1.34 bits per heavy atom. The van der Waals surface area contributed by atoms with E-state index in [0.29, 0.717) is 0 Å². The van der Waals surface area contributed by atoms with E-state index in [1.165, 1.54) is 61.0 Å². The minimum atomic E-state index is 0.0475. The number of hydrogen-bond donors (Lipinski definition) is 0. The molecule has 0 saturated carbocycles. The second kappa shape index (κ2) is 7.17. The van der Waals surface area contributed by atoms with Gasteiger partial charge in [-0.15, -0.1) is 0 Å². The van der Waals surface area contributed by atoms with Crippen molar-refractivity contribution in [1.82, 2.24) is 4.98 Å². The van der Waals surface area contributed by atoms with Crippen molar-refractivity contribution in [2.75, 3.05) is 0 Å². The predicted octanol–water partition coefficient (Wildman–Crippen LogP) is 9.46. The first-order chi connectivity index (χ1) is 16.5. The SMILES string of the molecule is CC(C)(C)c1cc(-c2nccc3c2ccc2cc4c(cc23)C(C)(C)CC4(C)C)cc2ccccc12. The van der Waals surface area contributed by atoms with Gasteiger partial charge in [-0.05, 0) is 90.6 Å². The van der Waals surface area contributed by atoms with E-state index in [0.717, 1.165) is 5.69 Å². The number of hydrogen-bond acceptors (Lipinski definition) is 1. The van der Waals surface area contributed by atoms with Gasteiger partial charge in [0, 0.05) is 17.1 Å². The number of fused-ring (bicyclic) bond motifs is 5. The van der Waals surface area contributed by atoms with Gasteiger partial charge in [0.2, 0.25) is 0 Å². The van der Waals surface area contributed by atoms with Crippen LogP contribution in [0.2, 0.25) is 0 Å². The average Bonchev–Trinajstić information content (AvgIpc) is 2.99. The highest BCUT2D eigenvalue weighted by atomic mass is 14.7. The van der Waals surface area contributed by atoms with E-state index in [9.17, 15) is 0 Å². The lowest BCUT2D eigenvalue weighted by atomic mass is 9.82. The van der Waals surface area contributed by atoms with Gasteiger partial charge in [0.05, 0.1) is 5.69 Å². The van der Waals surface area contributed by atoms with Gasteiger partial charge >= 0.3 is 0 Å². The van der Waals surface area contributed by atoms with Crippen LogP contribution in [-0.4, -0.2) is 4.98 Å². The summed E-state index contributed by atoms with van der Waals surface area (Å²) in [6, 6.07) is 25.1. The molecule has 176 valence electrons. The smallest absolute Gasteiger partial charge is 0.0780 e. The topological polar surface area (TPSA) is 12.9 Å². The molecule has 5 aromatic rings. The molecule has 0 unspecified atom stereocenters. The predicted molar refractivity (Wildman–Crippen MR) is 152 cm³/mol. The number of pyridine rings is 1. The number of rotatable bonds is 1. The first kappa shape index (κ1) is 22.3. The van der Waals surface area contributed by atoms with Crippen molar-refractivity contribution in [3.05, 3.63) is 89.6 Å². The van der Waals surface area contributed by atoms with E-state index in [4.69, 9.17) is 4.98 Å². The molecule has 0 spiro atoms. The zero-order valence-electron chi connectivity index (χ0n) is 22.1. The number of nitrogens with zero attached hydrogens (tertiary/aromatic N) is 1. The summed E-state index contributed by atoms with van der Waals surface area (Å²) in [6.07, 6.45) is 3.18. The van der Waals surface area contributed by atoms with Crippen molar-refractivity contribution in [3.63, 3.8) is 0 Å². The fourth-order valence-electron chi connectivity index (χ4n) is 6.75. The van der Waals surface area contributed by atoms with Gasteiger partial charge in [-0.2, -0.15) is 0 Å². The minimum absolute atomic E-state index is 0.0475. The first-order valence-electron chi connectivity index (χ1n) is 12.9. The molecular formula is C34H35N. The summed E-state index contributed by atoms with van der Waals surface area (Å²) in [5.41, 5.74) is 7.08. The van der Waals surface area contributed by atoms with Crippen molar-refractivity contribution in [2.24, 2.45) is 0 Å². The van der Waals surface area contributed by atoms with E-state index >= 15 is 0 Å². The van der Waals surface area contributed by atoms with Gasteiger partial charge in [0.25, 0.3) is 0 Å². The highest BCUT2D eigenvalue weighted by Crippen LogP contribution is 2.51. The highest BCUT2D eigenvalue weighted by molar-refractivity contribution is 6.12. The molecule has 0 saturated heterocycles. The Kier molecular flexibility index (Phi) is 4.56. The maximum atomic E-state index is 4.94. The minimum Gasteiger partial charge on any atom is -0.256 e. The highest BCUT2D eigenvalue weighted by Gasteiger charge is 2.41. The van der Waals surface area contributed by atoms with E-state index in [1.54, 1.807) is 0 Å². The van der Waals surface area contributed by atoms with Gasteiger partial charge in [0.1, 0.15) is 0 Å². The van der Waals surface area contributed by atoms with Gasteiger partial charge in [-0.1, -0.05) is 90.9 Å². The van der Waals surface area contributed by atoms with Crippen molar-refractivity contribution in [2.45, 2.75) is 71.1 Å². The molecular weight excluding hydrogens is 422 g/mol. The molecule has 0 aliphatic heterocycles. The zero-order valence-corrected chi connectivity index (χ0v) is 22.1. The van der Waals surface area contributed by atoms with Crippen LogP contribution in [-0.2, 0) is 16.2 Å². The van der Waals surface area contributed by atoms with Crippen LogP contribution in [0.4, 0.5) is 0 Å². The summed E-state index contributed by atoms with van der Waals surface area (Å²) >= 11 is 0. The first-order valence-corrected chi connectivity index (χ1v) is 12.9. The van der Waals surface area contributed by atoms with Crippen molar-refractivity contribution < 1.29 is 0 Å². The van der Waals surface area contributed by atoms with Crippen LogP contribution in [0, 0.1) is 0 Å². The van der Waals surface area contributed by atoms with Crippen LogP contribution in [0.1, 0.15) is 71.6 Å². The Balaban J connectivity index is 1.64. The molecule has 1 nitrogen and oxygen atoms in total. The van der Waals surface area contributed by atoms with E-state index < -0.39 is 0 Å². The van der Waals surface area contributed by atoms with E-state index in [2.05, 4.69) is 115 Å². The third kappa shape index (κ3) is 3.39. The number of aromatic nitrogens is 1. The monoisotopic (exact) mass is 457 g/mol. The normalized spacial score (nSPS) is 16.8. The Hall–Kier alpha value is -3.19. The average molecular weight is 458 g/mol. The molecule has 0 fully saturated rings. The molecule has 1 heterocycles. The van der Waals surface area contributed by atoms with Gasteiger partial charge in [-0.3, -0.25) is 4.98 Å². The van der Waals surface area contributed by atoms with Gasteiger partial charge in [-0.25, -0.2) is 0 Å². The summed E-state index contributed by atoms with van der Waals surface area (Å²) in [7, 11) is 0. The molecule has 1 aliphatic carbocycles. The van der Waals surface area contributed by atoms with Crippen molar-refractivity contribution in [1.29, 1.82) is 0 Å². The molecule has 6 rings (SSSR count). The molecule has 35 heavy (non-hydrogen) atoms. The molecule has 1 aliphatic rings. The second-order valence-electron chi connectivity index (χ2n) is 12.9. The summed E-state index contributed by atoms with van der Waals surface area (Å²) < 4.78 is 0. The molecule has 0 atom stereocenters. The lowest BCUT2D eigenvalue weighted by Crippen LogP contribution is -2.17. The molecule has 0 amide bonds. The van der Waals surface area contributed by atoms with Crippen LogP contribution in [0.25, 0.3) is 43.6 Å². The van der Waals surface area contributed by atoms with Crippen molar-refractivity contribution >= 4 is 32.3 Å². The standard InChI is InChI=1S/C34H35N/c1-32(2,3)28-18-23(16-21-10-8-9-11-24(21)28)31-26-13-12-22-17-29-30(34(6,7)20-33(29,4)5)19-27(22)25(26)14-15-35-31/h8-19H,20H2,1-7H3. The molecule has 0 radical (unpaired) electrons. The van der Waals surface area contributed by atoms with E-state index in [-0.39, 0.29) is 16.2 Å². The fraction of sp³-hybridized carbons (Fsp3) is 0.324. The van der Waals surface area contributed by atoms with Crippen LogP contribution in [0.5, 0.6) is 0 Å². The summed E-state index contributed by atoms with van der Waals surface area (Å²) in [5, 5.41) is 7.79. The van der Waals surface area contributed by atoms with Gasteiger partial charge in [0.15, 0.2) is 0 Å². The van der Waals surface area contributed by atoms with E-state index in [1.807, 2.05) is 6.20 Å². The molecule has 0 bridgehead atoms. The van der Waals surface area contributed by atoms with Crippen molar-refractivity contribution in [3.8, 4) is 11.3 Å². The largest absolute Gasteiger partial charge is 0.256 e. The van der Waals surface area contributed by atoms with Crippen LogP contribution >= 0.6 is 0 Å². The maximum absolute atomic E-state index is 4.94. The quantitative estimate of drug-likeness (QED) is 0.228. The zero-order chi connectivity index (χ0) is 24.8. The summed E-state index contributed by atoms with van der Waals surface area (Å²) in [6.45, 7) is 16.5. The van der Waals surface area contributed by atoms with Gasteiger partial charge < -0.3 is 0 Å². The third-order valence-electron chi connectivity index (χ3n) is 8.18. The van der Waals surface area contributed by atoms with Crippen LogP contribution in [0.3, 0.4) is 0 Å². The molecule has 4 aromatic carbocycles. The summed E-state index contributed by atoms with van der Waals surface area (Å²) in [4.78, 5) is 4.94. The number of benzene rings is 4. The summed E-state index contributed by atoms with van der Waals surface area (Å²) in [5.74, 6) is 0. The third-order valence-corrected chi connectivity index (χ3v) is 8.18. The molecule has 1 aromatic heterocycles. The lowest BCUT2D eigenvalue weighted by Gasteiger charge is -2.23. The molecule has 1 heteroatoms. The Bertz CT molecular complexity index is 1640. The molecule has 0 N–H and O–H groups in total. The van der Waals surface area contributed by atoms with Crippen LogP contribution in [0.15, 0.2) is 72.9 Å². The maximum Gasteiger partial charge on any atom is 0.0780 e.